The Hall–Kier alpha value is -9.54. The first kappa shape index (κ1) is 98.9. The number of hydrogen-bond donors (Lipinski definition) is 16. The zero-order valence-corrected chi connectivity index (χ0v) is 71.9. The van der Waals surface area contributed by atoms with E-state index < -0.39 is 226 Å². The molecule has 0 saturated carbocycles. The predicted molar refractivity (Wildman–Crippen MR) is 452 cm³/mol. The van der Waals surface area contributed by atoms with Gasteiger partial charge < -0.3 is 115 Å². The molecule has 123 heavy (non-hydrogen) atoms. The van der Waals surface area contributed by atoms with Crippen LogP contribution in [0.1, 0.15) is 116 Å². The summed E-state index contributed by atoms with van der Waals surface area (Å²) in [6.45, 7) is 19.9. The van der Waals surface area contributed by atoms with E-state index in [0.717, 1.165) is 121 Å². The average molecular weight is 1770 g/mol. The van der Waals surface area contributed by atoms with E-state index in [4.69, 9.17) is 38.0 Å². The molecular formula is C82H119N13O26S2. The molecule has 680 valence electrons. The topological polar surface area (TPSA) is 538 Å². The monoisotopic (exact) mass is 1770 g/mol. The molecule has 39 nitrogen and oxygen atoms in total. The van der Waals surface area contributed by atoms with Gasteiger partial charge in [0.05, 0.1) is 73.9 Å². The van der Waals surface area contributed by atoms with E-state index >= 15 is 9.59 Å². The lowest BCUT2D eigenvalue weighted by Gasteiger charge is -2.35. The first-order chi connectivity index (χ1) is 58.5. The van der Waals surface area contributed by atoms with Gasteiger partial charge in [0.25, 0.3) is 17.1 Å². The largest absolute Gasteiger partial charge is 0.514 e. The van der Waals surface area contributed by atoms with Gasteiger partial charge in [-0.05, 0) is 134 Å². The van der Waals surface area contributed by atoms with Gasteiger partial charge in [-0.25, -0.2) is 19.1 Å². The number of piperidine rings is 1. The number of β-amino-alcohol motifs (C(OH)–C–C–N with tert-alkyl or cyclic N) is 1. The number of aliphatic hydroxyl groups excluding tert-OH is 8. The Labute approximate surface area is 719 Å². The van der Waals surface area contributed by atoms with Crippen LogP contribution in [0, 0.1) is 5.92 Å². The summed E-state index contributed by atoms with van der Waals surface area (Å²) in [6, 6.07) is 4.79. The quantitative estimate of drug-likeness (QED) is 0.0124. The fraction of sp³-hybridized carbons (Fsp3) is 0.573. The highest BCUT2D eigenvalue weighted by atomic mass is 32.3. The third-order valence-corrected chi connectivity index (χ3v) is 22.8. The Morgan fingerprint density at radius 3 is 1.98 bits per heavy atom. The third-order valence-electron chi connectivity index (χ3n) is 21.4. The number of imidazole rings is 1. The number of nitrogens with one attached hydrogen (secondary N) is 5. The summed E-state index contributed by atoms with van der Waals surface area (Å²) >= 11 is -3.56. The zero-order valence-electron chi connectivity index (χ0n) is 70.3. The Kier molecular flexibility index (Phi) is 37.8. The van der Waals surface area contributed by atoms with Crippen LogP contribution < -0.4 is 40.4 Å². The first-order valence-corrected chi connectivity index (χ1v) is 43.2. The normalized spacial score (nSPS) is 22.6. The minimum Gasteiger partial charge on any atom is -0.445 e. The molecule has 0 radical (unpaired) electrons. The number of benzene rings is 3. The molecule has 0 unspecified atom stereocenters. The number of fused-ring (bicyclic) bond motifs is 3. The Morgan fingerprint density at radius 1 is 0.732 bits per heavy atom. The van der Waals surface area contributed by atoms with Crippen LogP contribution in [0.4, 0.5) is 15.3 Å². The molecule has 8 amide bonds. The lowest BCUT2D eigenvalue weighted by atomic mass is 9.98. The maximum atomic E-state index is 15.4. The van der Waals surface area contributed by atoms with Gasteiger partial charge in [0.1, 0.15) is 54.5 Å². The number of hydrogen-bond acceptors (Lipinski definition) is 31. The molecule has 13 atom stereocenters. The van der Waals surface area contributed by atoms with Crippen molar-refractivity contribution in [1.29, 1.82) is 0 Å². The number of unbranched alkanes of at least 4 members (excludes halogenated alkanes) is 2. The van der Waals surface area contributed by atoms with Crippen LogP contribution in [0.3, 0.4) is 0 Å². The summed E-state index contributed by atoms with van der Waals surface area (Å²) in [5.41, 5.74) is 2.84. The fourth-order valence-corrected chi connectivity index (χ4v) is 16.2. The number of carbonyl (C=O) groups is 9. The maximum Gasteiger partial charge on any atom is 0.514 e. The molecule has 6 heterocycles. The highest BCUT2D eigenvalue weighted by Gasteiger charge is 2.50. The van der Waals surface area contributed by atoms with Gasteiger partial charge in [-0.15, -0.1) is 0 Å². The van der Waals surface area contributed by atoms with Crippen molar-refractivity contribution in [2.75, 3.05) is 97.5 Å². The minimum atomic E-state index is -4.93. The van der Waals surface area contributed by atoms with E-state index in [1.54, 1.807) is 30.0 Å². The molecule has 4 aliphatic rings. The summed E-state index contributed by atoms with van der Waals surface area (Å²) in [4.78, 5) is 142. The maximum absolute atomic E-state index is 15.4. The van der Waals surface area contributed by atoms with Crippen LogP contribution in [0.2, 0.25) is 0 Å². The van der Waals surface area contributed by atoms with E-state index in [9.17, 15) is 88.1 Å². The number of amides is 8. The van der Waals surface area contributed by atoms with Gasteiger partial charge in [0.15, 0.2) is 11.5 Å². The second-order valence-corrected chi connectivity index (χ2v) is 33.2. The summed E-state index contributed by atoms with van der Waals surface area (Å²) in [5.74, 6) is -11.1. The molecule has 41 heteroatoms. The third kappa shape index (κ3) is 27.7. The van der Waals surface area contributed by atoms with E-state index in [2.05, 4.69) is 96.3 Å². The Balaban J connectivity index is 0.00000197. The van der Waals surface area contributed by atoms with Crippen molar-refractivity contribution in [3.8, 4) is 33.3 Å². The van der Waals surface area contributed by atoms with E-state index in [1.807, 2.05) is 12.1 Å². The lowest BCUT2D eigenvalue weighted by Crippen LogP contribution is -2.64. The highest BCUT2D eigenvalue weighted by molar-refractivity contribution is 8.15. The van der Waals surface area contributed by atoms with Crippen LogP contribution in [-0.2, 0) is 54.1 Å². The second-order valence-electron chi connectivity index (χ2n) is 31.2. The Morgan fingerprint density at radius 2 is 1.37 bits per heavy atom. The fourth-order valence-electron chi connectivity index (χ4n) is 15.0. The van der Waals surface area contributed by atoms with Crippen LogP contribution in [0.15, 0.2) is 98.2 Å². The van der Waals surface area contributed by atoms with Crippen LogP contribution in [0.25, 0.3) is 26.8 Å². The number of aliphatic hydroxyl groups is 8. The van der Waals surface area contributed by atoms with Crippen molar-refractivity contribution in [3.05, 3.63) is 109 Å². The van der Waals surface area contributed by atoms with Crippen LogP contribution >= 0.6 is 22.5 Å². The molecule has 0 bridgehead atoms. The number of methoxy groups -OCH3 is 1. The second kappa shape index (κ2) is 47.0. The van der Waals surface area contributed by atoms with Crippen molar-refractivity contribution in [2.24, 2.45) is 5.92 Å². The molecule has 3 aromatic carbocycles. The molecule has 2 aromatic heterocycles. The van der Waals surface area contributed by atoms with Gasteiger partial charge in [-0.3, -0.25) is 52.1 Å². The Bertz CT molecular complexity index is 4290. The average Bonchev–Trinajstić information content (AvgIpc) is 1.67. The molecule has 4 fully saturated rings. The van der Waals surface area contributed by atoms with E-state index in [0.29, 0.717) is 28.3 Å². The van der Waals surface area contributed by atoms with Gasteiger partial charge in [-0.1, -0.05) is 68.7 Å². The summed E-state index contributed by atoms with van der Waals surface area (Å²) in [7, 11) is 1.70. The molecule has 0 spiro atoms. The van der Waals surface area contributed by atoms with Gasteiger partial charge >= 0.3 is 12.2 Å². The van der Waals surface area contributed by atoms with Crippen molar-refractivity contribution >= 4 is 86.7 Å². The SMILES string of the molecule is C=CCOC(=O)Oc1ccc(C[C@@H](O)[C@@H]2NC(=O)[C@@H]3C[C@@H](O)CN3C(=O)[C@H]([C@@H](C)O)NC(=O)[C@@H](NC(=O)c3ccc(-c4cn5nc(-c6ccc(N7CCC(OCCCCCOC)CC7)cc6)sc5n4)cc3)C[C@@H](O)CNC(=O)[C@@H]3[C@@H](O)[C@@H](C)CN3C(=O)[C@H]([C@H](O)CCN(C(=O)OCC=C)C(CO)CO)NC2=O)cc1OS(O)(O)O.CCN(C(C)C)C(C)C. The molecule has 16 N–H and O–H groups in total. The summed E-state index contributed by atoms with van der Waals surface area (Å²) < 4.78 is 62.7. The van der Waals surface area contributed by atoms with Gasteiger partial charge in [0.2, 0.25) is 40.4 Å². The molecule has 5 aromatic rings. The standard InChI is InChI=1S/C74H100N12O26S2.C8H19N/c1-6-27-109-73(102)83(48(39-87)40-88)26-23-55(92)61-71(101)85-36-41(3)63(94)62(85)68(99)75-35-49(90)33-52(76-64(95)45-14-12-44(13-15-45)53-38-86-72(77-53)113-69(81-86)46-16-18-47(19-17-46)82-24-21-51(22-25-82)108-30-10-8-9-29-107-5)65(96)78-59(42(4)89)70(100)84-37-50(91)34-54(84)66(97)79-60(67(98)80-61)56(93)31-43-11-20-57(111-74(103)110-28-7-2)58(32-43)112-114(104,105)106;1-6-9(7(2)3)8(4)5/h6-7,11-20,32,38,41-42,48-52,54-56,59-63,87-94,104-106H,1-2,8-10,21-31,33-37,39-40H2,3-5H3,(H,75,99)(H,76,95)(H,78,96)(H,79,97)(H,80,98);7-8H,6H2,1-5H3/t41-,42+,49+,50+,52-,54-,55+,56+,59-,60-,61-,62-,63-;/m0./s1. The van der Waals surface area contributed by atoms with Gasteiger partial charge in [-0.2, -0.15) is 5.10 Å². The van der Waals surface area contributed by atoms with Crippen LogP contribution in [0.5, 0.6) is 11.5 Å². The van der Waals surface area contributed by atoms with Crippen molar-refractivity contribution in [1.82, 2.24) is 60.8 Å². The molecule has 0 aliphatic carbocycles. The van der Waals surface area contributed by atoms with Crippen LogP contribution in [-0.4, -0.2) is 332 Å². The van der Waals surface area contributed by atoms with Crippen molar-refractivity contribution in [2.45, 2.75) is 203 Å². The molecular weight excluding hydrogens is 1650 g/mol. The molecule has 9 rings (SSSR count). The summed E-state index contributed by atoms with van der Waals surface area (Å²) in [6.07, 6.45) is -7.60. The smallest absolute Gasteiger partial charge is 0.445 e. The van der Waals surface area contributed by atoms with E-state index in [1.165, 1.54) is 42.5 Å². The van der Waals surface area contributed by atoms with Crippen molar-refractivity contribution in [3.63, 3.8) is 0 Å². The van der Waals surface area contributed by atoms with E-state index in [-0.39, 0.29) is 30.4 Å². The highest BCUT2D eigenvalue weighted by Crippen LogP contribution is 2.42. The predicted octanol–water partition coefficient (Wildman–Crippen LogP) is 2.59. The van der Waals surface area contributed by atoms with Gasteiger partial charge in [0, 0.05) is 119 Å². The summed E-state index contributed by atoms with van der Waals surface area (Å²) in [5, 5.41) is 108. The first-order valence-electron chi connectivity index (χ1n) is 40.9. The number of aromatic nitrogens is 3. The van der Waals surface area contributed by atoms with Crippen molar-refractivity contribution < 1.29 is 126 Å². The number of ether oxygens (including phenoxy) is 5. The lowest BCUT2D eigenvalue weighted by molar-refractivity contribution is -0.147. The zero-order chi connectivity index (χ0) is 90.1. The molecule has 4 saturated heterocycles. The number of rotatable bonds is 33. The minimum absolute atomic E-state index is 0.0319. The number of carbonyl (C=O) groups excluding carboxylic acids is 9. The molecule has 4 aliphatic heterocycles. The number of anilines is 1. The number of nitrogens with zero attached hydrogens (tertiary/aromatic N) is 8.